The van der Waals surface area contributed by atoms with E-state index in [1.807, 2.05) is 31.2 Å². The van der Waals surface area contributed by atoms with Crippen molar-refractivity contribution in [2.75, 3.05) is 41.3 Å². The van der Waals surface area contributed by atoms with Gasteiger partial charge in [0.15, 0.2) is 0 Å². The maximum atomic E-state index is 9.07. The van der Waals surface area contributed by atoms with Crippen LogP contribution in [0.1, 0.15) is 11.3 Å². The molecule has 0 bridgehead atoms. The average Bonchev–Trinajstić information content (AvgIpc) is 2.74. The SMILES string of the molecule is Cc1cc(N2CCN(c3ccccc3)CC2)nc(Nc2cccc(C#N)c2)n1. The van der Waals surface area contributed by atoms with Crippen LogP contribution in [0.25, 0.3) is 0 Å². The Labute approximate surface area is 165 Å². The van der Waals surface area contributed by atoms with Crippen molar-refractivity contribution in [1.29, 1.82) is 5.26 Å². The summed E-state index contributed by atoms with van der Waals surface area (Å²) in [5, 5.41) is 12.3. The van der Waals surface area contributed by atoms with E-state index in [1.54, 1.807) is 12.1 Å². The van der Waals surface area contributed by atoms with Gasteiger partial charge in [0, 0.05) is 49.3 Å². The number of hydrogen-bond donors (Lipinski definition) is 1. The van der Waals surface area contributed by atoms with Gasteiger partial charge in [0.2, 0.25) is 5.95 Å². The molecule has 1 fully saturated rings. The predicted molar refractivity (Wildman–Crippen MR) is 112 cm³/mol. The lowest BCUT2D eigenvalue weighted by Gasteiger charge is -2.36. The molecule has 1 aromatic heterocycles. The third-order valence-corrected chi connectivity index (χ3v) is 4.81. The fourth-order valence-corrected chi connectivity index (χ4v) is 3.40. The molecule has 1 N–H and O–H groups in total. The van der Waals surface area contributed by atoms with Crippen molar-refractivity contribution < 1.29 is 0 Å². The second-order valence-electron chi connectivity index (χ2n) is 6.82. The van der Waals surface area contributed by atoms with Crippen molar-refractivity contribution in [3.05, 3.63) is 71.9 Å². The van der Waals surface area contributed by atoms with E-state index in [0.29, 0.717) is 11.5 Å². The van der Waals surface area contributed by atoms with Gasteiger partial charge in [-0.2, -0.15) is 10.2 Å². The molecular formula is C22H22N6. The number of aryl methyl sites for hydroxylation is 1. The average molecular weight is 370 g/mol. The Morgan fingerprint density at radius 2 is 1.64 bits per heavy atom. The molecular weight excluding hydrogens is 348 g/mol. The van der Waals surface area contributed by atoms with Crippen molar-refractivity contribution in [2.24, 2.45) is 0 Å². The number of piperazine rings is 1. The molecule has 3 aromatic rings. The maximum absolute atomic E-state index is 9.07. The van der Waals surface area contributed by atoms with Crippen molar-refractivity contribution in [2.45, 2.75) is 6.92 Å². The lowest BCUT2D eigenvalue weighted by Crippen LogP contribution is -2.46. The van der Waals surface area contributed by atoms with Gasteiger partial charge >= 0.3 is 0 Å². The number of nitrogens with one attached hydrogen (secondary N) is 1. The van der Waals surface area contributed by atoms with Crippen LogP contribution in [0.3, 0.4) is 0 Å². The molecule has 0 radical (unpaired) electrons. The first-order valence-corrected chi connectivity index (χ1v) is 9.39. The summed E-state index contributed by atoms with van der Waals surface area (Å²) in [5.41, 5.74) is 3.59. The van der Waals surface area contributed by atoms with Crippen molar-refractivity contribution in [1.82, 2.24) is 9.97 Å². The molecule has 28 heavy (non-hydrogen) atoms. The first-order chi connectivity index (χ1) is 13.7. The van der Waals surface area contributed by atoms with Crippen LogP contribution in [0.5, 0.6) is 0 Å². The number of rotatable bonds is 4. The van der Waals surface area contributed by atoms with E-state index in [9.17, 15) is 0 Å². The number of hydrogen-bond acceptors (Lipinski definition) is 6. The van der Waals surface area contributed by atoms with E-state index >= 15 is 0 Å². The van der Waals surface area contributed by atoms with Gasteiger partial charge in [0.05, 0.1) is 11.6 Å². The van der Waals surface area contributed by atoms with Crippen LogP contribution in [-0.2, 0) is 0 Å². The molecule has 4 rings (SSSR count). The van der Waals surface area contributed by atoms with E-state index in [2.05, 4.69) is 50.4 Å². The van der Waals surface area contributed by atoms with E-state index < -0.39 is 0 Å². The highest BCUT2D eigenvalue weighted by atomic mass is 15.3. The zero-order chi connectivity index (χ0) is 19.3. The summed E-state index contributed by atoms with van der Waals surface area (Å²) in [7, 11) is 0. The van der Waals surface area contributed by atoms with Crippen LogP contribution in [0, 0.1) is 18.3 Å². The number of anilines is 4. The Hall–Kier alpha value is -3.59. The molecule has 0 unspecified atom stereocenters. The summed E-state index contributed by atoms with van der Waals surface area (Å²) in [6.45, 7) is 5.71. The number of nitriles is 1. The first-order valence-electron chi connectivity index (χ1n) is 9.39. The second-order valence-corrected chi connectivity index (χ2v) is 6.82. The lowest BCUT2D eigenvalue weighted by molar-refractivity contribution is 0.647. The third-order valence-electron chi connectivity index (χ3n) is 4.81. The number of benzene rings is 2. The zero-order valence-electron chi connectivity index (χ0n) is 15.8. The summed E-state index contributed by atoms with van der Waals surface area (Å²) < 4.78 is 0. The summed E-state index contributed by atoms with van der Waals surface area (Å²) in [4.78, 5) is 13.9. The van der Waals surface area contributed by atoms with Crippen LogP contribution in [0.2, 0.25) is 0 Å². The molecule has 1 saturated heterocycles. The molecule has 1 aliphatic rings. The molecule has 0 amide bonds. The Kier molecular flexibility index (Phi) is 5.07. The quantitative estimate of drug-likeness (QED) is 0.755. The van der Waals surface area contributed by atoms with Crippen molar-refractivity contribution in [3.63, 3.8) is 0 Å². The standard InChI is InChI=1S/C22H22N6/c1-17-14-21(26-22(24-17)25-19-7-5-6-18(15-19)16-23)28-12-10-27(11-13-28)20-8-3-2-4-9-20/h2-9,14-15H,10-13H2,1H3,(H,24,25,26). The summed E-state index contributed by atoms with van der Waals surface area (Å²) in [6.07, 6.45) is 0. The maximum Gasteiger partial charge on any atom is 0.229 e. The predicted octanol–water partition coefficient (Wildman–Crippen LogP) is 3.73. The molecule has 0 saturated carbocycles. The zero-order valence-corrected chi connectivity index (χ0v) is 15.8. The number of para-hydroxylation sites is 1. The Balaban J connectivity index is 1.48. The van der Waals surface area contributed by atoms with Gasteiger partial charge in [-0.3, -0.25) is 0 Å². The van der Waals surface area contributed by atoms with Crippen molar-refractivity contribution >= 4 is 23.1 Å². The van der Waals surface area contributed by atoms with E-state index in [-0.39, 0.29) is 0 Å². The topological polar surface area (TPSA) is 68.1 Å². The molecule has 2 aromatic carbocycles. The van der Waals surface area contributed by atoms with Gasteiger partial charge in [-0.1, -0.05) is 24.3 Å². The Morgan fingerprint density at radius 3 is 2.39 bits per heavy atom. The highest BCUT2D eigenvalue weighted by Crippen LogP contribution is 2.22. The largest absolute Gasteiger partial charge is 0.368 e. The Morgan fingerprint density at radius 1 is 0.893 bits per heavy atom. The minimum atomic E-state index is 0.551. The van der Waals surface area contributed by atoms with Gasteiger partial charge in [-0.15, -0.1) is 0 Å². The van der Waals surface area contributed by atoms with Crippen LogP contribution >= 0.6 is 0 Å². The Bertz CT molecular complexity index is 987. The monoisotopic (exact) mass is 370 g/mol. The molecule has 0 aliphatic carbocycles. The van der Waals surface area contributed by atoms with Gasteiger partial charge < -0.3 is 15.1 Å². The molecule has 140 valence electrons. The van der Waals surface area contributed by atoms with E-state index in [0.717, 1.165) is 43.4 Å². The summed E-state index contributed by atoms with van der Waals surface area (Å²) >= 11 is 0. The fraction of sp³-hybridized carbons (Fsp3) is 0.227. The molecule has 2 heterocycles. The third kappa shape index (κ3) is 4.04. The van der Waals surface area contributed by atoms with Crippen LogP contribution < -0.4 is 15.1 Å². The number of nitrogens with zero attached hydrogens (tertiary/aromatic N) is 5. The minimum absolute atomic E-state index is 0.551. The van der Waals surface area contributed by atoms with Gasteiger partial charge in [0.1, 0.15) is 5.82 Å². The van der Waals surface area contributed by atoms with E-state index in [4.69, 9.17) is 10.2 Å². The molecule has 6 heteroatoms. The van der Waals surface area contributed by atoms with E-state index in [1.165, 1.54) is 5.69 Å². The van der Waals surface area contributed by atoms with Gasteiger partial charge in [0.25, 0.3) is 0 Å². The molecule has 1 aliphatic heterocycles. The summed E-state index contributed by atoms with van der Waals surface area (Å²) in [5.74, 6) is 1.48. The molecule has 0 spiro atoms. The van der Waals surface area contributed by atoms with Crippen LogP contribution in [-0.4, -0.2) is 36.1 Å². The van der Waals surface area contributed by atoms with Crippen LogP contribution in [0.15, 0.2) is 60.7 Å². The van der Waals surface area contributed by atoms with Crippen molar-refractivity contribution in [3.8, 4) is 6.07 Å². The highest BCUT2D eigenvalue weighted by molar-refractivity contribution is 5.58. The first kappa shape index (κ1) is 17.8. The number of aromatic nitrogens is 2. The molecule has 0 atom stereocenters. The highest BCUT2D eigenvalue weighted by Gasteiger charge is 2.19. The molecule has 6 nitrogen and oxygen atoms in total. The normalized spacial score (nSPS) is 13.9. The second kappa shape index (κ2) is 7.97. The van der Waals surface area contributed by atoms with Gasteiger partial charge in [-0.05, 0) is 37.3 Å². The smallest absolute Gasteiger partial charge is 0.229 e. The minimum Gasteiger partial charge on any atom is -0.368 e. The fourth-order valence-electron chi connectivity index (χ4n) is 3.40. The summed E-state index contributed by atoms with van der Waals surface area (Å²) in [6, 6.07) is 22.0. The van der Waals surface area contributed by atoms with Gasteiger partial charge in [-0.25, -0.2) is 4.98 Å². The lowest BCUT2D eigenvalue weighted by atomic mass is 10.2. The van der Waals surface area contributed by atoms with Crippen LogP contribution in [0.4, 0.5) is 23.1 Å².